The quantitative estimate of drug-likeness (QED) is 0.608. The topological polar surface area (TPSA) is 83.8 Å². The van der Waals surface area contributed by atoms with Crippen LogP contribution in [0.15, 0.2) is 59.9 Å². The van der Waals surface area contributed by atoms with Gasteiger partial charge >= 0.3 is 0 Å². The molecule has 3 aromatic rings. The van der Waals surface area contributed by atoms with Gasteiger partial charge in [-0.3, -0.25) is 4.79 Å². The van der Waals surface area contributed by atoms with Crippen molar-refractivity contribution < 1.29 is 13.2 Å². The average molecular weight is 441 g/mol. The van der Waals surface area contributed by atoms with Crippen LogP contribution in [-0.2, 0) is 16.6 Å². The molecule has 1 unspecified atom stereocenters. The number of hydrogen-bond acceptors (Lipinski definition) is 4. The maximum absolute atomic E-state index is 13.2. The highest BCUT2D eigenvalue weighted by Gasteiger charge is 2.43. The Bertz CT molecular complexity index is 1190. The fourth-order valence-corrected chi connectivity index (χ4v) is 6.31. The van der Waals surface area contributed by atoms with Crippen molar-refractivity contribution in [3.8, 4) is 0 Å². The maximum atomic E-state index is 13.2. The molecule has 1 amide bonds. The highest BCUT2D eigenvalue weighted by Crippen LogP contribution is 2.37. The summed E-state index contributed by atoms with van der Waals surface area (Å²) in [6.45, 7) is 5.02. The van der Waals surface area contributed by atoms with Crippen molar-refractivity contribution in [1.29, 1.82) is 0 Å². The SMILES string of the molecule is CCCC1(C)CCCN1S(=O)(=O)c1ccc(CNC(=O)c2ccc3nccn3c2)cc1. The Balaban J connectivity index is 1.43. The number of carbonyl (C=O) groups excluding carboxylic acids is 1. The second kappa shape index (κ2) is 8.43. The van der Waals surface area contributed by atoms with Crippen LogP contribution in [0.2, 0.25) is 0 Å². The number of imidazole rings is 1. The van der Waals surface area contributed by atoms with Crippen LogP contribution in [0.5, 0.6) is 0 Å². The molecule has 0 radical (unpaired) electrons. The first-order valence-corrected chi connectivity index (χ1v) is 12.1. The molecule has 0 saturated carbocycles. The summed E-state index contributed by atoms with van der Waals surface area (Å²) in [5.41, 5.74) is 1.85. The summed E-state index contributed by atoms with van der Waals surface area (Å²) in [7, 11) is -3.54. The standard InChI is InChI=1S/C23H28N4O3S/c1-3-11-23(2)12-4-14-27(23)31(29,30)20-8-5-18(6-9-20)16-25-22(28)19-7-10-21-24-13-15-26(21)17-19/h5-10,13,15,17H,3-4,11-12,14,16H2,1-2H3,(H,25,28). The molecule has 1 aliphatic rings. The van der Waals surface area contributed by atoms with E-state index in [-0.39, 0.29) is 11.4 Å². The molecule has 1 saturated heterocycles. The Labute approximate surface area is 183 Å². The van der Waals surface area contributed by atoms with Gasteiger partial charge in [-0.1, -0.05) is 25.5 Å². The molecule has 1 N–H and O–H groups in total. The number of carbonyl (C=O) groups is 1. The van der Waals surface area contributed by atoms with Crippen LogP contribution < -0.4 is 5.32 Å². The third-order valence-electron chi connectivity index (χ3n) is 6.08. The van der Waals surface area contributed by atoms with E-state index >= 15 is 0 Å². The molecule has 2 aromatic heterocycles. The molecular weight excluding hydrogens is 412 g/mol. The number of benzene rings is 1. The molecule has 0 spiro atoms. The molecular formula is C23H28N4O3S. The predicted octanol–water partition coefficient (Wildman–Crippen LogP) is 3.61. The number of hydrogen-bond donors (Lipinski definition) is 1. The highest BCUT2D eigenvalue weighted by molar-refractivity contribution is 7.89. The van der Waals surface area contributed by atoms with Gasteiger partial charge in [-0.05, 0) is 56.0 Å². The number of amides is 1. The second-order valence-electron chi connectivity index (χ2n) is 8.36. The van der Waals surface area contributed by atoms with Gasteiger partial charge in [0, 0.05) is 37.2 Å². The molecule has 8 heteroatoms. The molecule has 31 heavy (non-hydrogen) atoms. The smallest absolute Gasteiger partial charge is 0.253 e. The van der Waals surface area contributed by atoms with E-state index < -0.39 is 10.0 Å². The zero-order valence-corrected chi connectivity index (χ0v) is 18.7. The average Bonchev–Trinajstić information content (AvgIpc) is 3.38. The van der Waals surface area contributed by atoms with E-state index in [1.165, 1.54) is 0 Å². The normalized spacial score (nSPS) is 19.7. The van der Waals surface area contributed by atoms with Gasteiger partial charge in [0.2, 0.25) is 10.0 Å². The number of nitrogens with one attached hydrogen (secondary N) is 1. The lowest BCUT2D eigenvalue weighted by atomic mass is 9.95. The van der Waals surface area contributed by atoms with E-state index in [4.69, 9.17) is 0 Å². The van der Waals surface area contributed by atoms with E-state index in [0.717, 1.165) is 36.9 Å². The zero-order chi connectivity index (χ0) is 22.1. The maximum Gasteiger partial charge on any atom is 0.253 e. The van der Waals surface area contributed by atoms with Gasteiger partial charge in [0.1, 0.15) is 5.65 Å². The van der Waals surface area contributed by atoms with Gasteiger partial charge in [0.15, 0.2) is 0 Å². The van der Waals surface area contributed by atoms with Crippen molar-refractivity contribution in [2.45, 2.75) is 56.5 Å². The zero-order valence-electron chi connectivity index (χ0n) is 17.9. The molecule has 7 nitrogen and oxygen atoms in total. The fourth-order valence-electron chi connectivity index (χ4n) is 4.44. The lowest BCUT2D eigenvalue weighted by molar-refractivity contribution is 0.0950. The molecule has 1 fully saturated rings. The fraction of sp³-hybridized carbons (Fsp3) is 0.391. The summed E-state index contributed by atoms with van der Waals surface area (Å²) >= 11 is 0. The van der Waals surface area contributed by atoms with Crippen molar-refractivity contribution in [2.75, 3.05) is 6.54 Å². The Kier molecular flexibility index (Phi) is 5.85. The van der Waals surface area contributed by atoms with Crippen LogP contribution in [0.25, 0.3) is 5.65 Å². The van der Waals surface area contributed by atoms with Gasteiger partial charge in [-0.25, -0.2) is 13.4 Å². The van der Waals surface area contributed by atoms with Gasteiger partial charge < -0.3 is 9.72 Å². The summed E-state index contributed by atoms with van der Waals surface area (Å²) < 4.78 is 29.9. The third kappa shape index (κ3) is 4.22. The lowest BCUT2D eigenvalue weighted by Crippen LogP contribution is -2.44. The molecule has 0 aliphatic carbocycles. The van der Waals surface area contributed by atoms with Crippen molar-refractivity contribution in [1.82, 2.24) is 19.0 Å². The monoisotopic (exact) mass is 440 g/mol. The minimum Gasteiger partial charge on any atom is -0.348 e. The van der Waals surface area contributed by atoms with Crippen molar-refractivity contribution in [2.24, 2.45) is 0 Å². The van der Waals surface area contributed by atoms with Gasteiger partial charge in [-0.2, -0.15) is 4.31 Å². The second-order valence-corrected chi connectivity index (χ2v) is 10.2. The van der Waals surface area contributed by atoms with E-state index in [1.54, 1.807) is 63.7 Å². The van der Waals surface area contributed by atoms with Crippen molar-refractivity contribution in [3.05, 3.63) is 66.1 Å². The minimum absolute atomic E-state index is 0.195. The predicted molar refractivity (Wildman–Crippen MR) is 119 cm³/mol. The van der Waals surface area contributed by atoms with Crippen molar-refractivity contribution in [3.63, 3.8) is 0 Å². The summed E-state index contributed by atoms with van der Waals surface area (Å²) in [5, 5.41) is 2.88. The van der Waals surface area contributed by atoms with Gasteiger partial charge in [0.05, 0.1) is 10.5 Å². The van der Waals surface area contributed by atoms with Crippen LogP contribution >= 0.6 is 0 Å². The van der Waals surface area contributed by atoms with Crippen LogP contribution in [0.3, 0.4) is 0 Å². The molecule has 164 valence electrons. The Morgan fingerprint density at radius 1 is 1.19 bits per heavy atom. The lowest BCUT2D eigenvalue weighted by Gasteiger charge is -2.34. The summed E-state index contributed by atoms with van der Waals surface area (Å²) in [6.07, 6.45) is 8.81. The third-order valence-corrected chi connectivity index (χ3v) is 8.15. The Morgan fingerprint density at radius 2 is 1.97 bits per heavy atom. The van der Waals surface area contributed by atoms with Crippen LogP contribution in [0.4, 0.5) is 0 Å². The van der Waals surface area contributed by atoms with Crippen LogP contribution in [0, 0.1) is 0 Å². The van der Waals surface area contributed by atoms with Crippen LogP contribution in [0.1, 0.15) is 55.5 Å². The summed E-state index contributed by atoms with van der Waals surface area (Å²) in [6, 6.07) is 10.3. The first kappa shape index (κ1) is 21.5. The molecule has 0 bridgehead atoms. The molecule has 3 heterocycles. The number of sulfonamides is 1. The Morgan fingerprint density at radius 3 is 2.71 bits per heavy atom. The molecule has 4 rings (SSSR count). The minimum atomic E-state index is -3.54. The largest absolute Gasteiger partial charge is 0.348 e. The number of fused-ring (bicyclic) bond motifs is 1. The first-order chi connectivity index (χ1) is 14.8. The van der Waals surface area contributed by atoms with E-state index in [2.05, 4.69) is 17.2 Å². The number of aromatic nitrogens is 2. The summed E-state index contributed by atoms with van der Waals surface area (Å²) in [5.74, 6) is -0.195. The van der Waals surface area contributed by atoms with Crippen LogP contribution in [-0.4, -0.2) is 40.1 Å². The summed E-state index contributed by atoms with van der Waals surface area (Å²) in [4.78, 5) is 16.9. The Hall–Kier alpha value is -2.71. The number of pyridine rings is 1. The molecule has 1 aromatic carbocycles. The van der Waals surface area contributed by atoms with E-state index in [1.807, 2.05) is 6.92 Å². The van der Waals surface area contributed by atoms with Crippen molar-refractivity contribution >= 4 is 21.6 Å². The van der Waals surface area contributed by atoms with E-state index in [9.17, 15) is 13.2 Å². The highest BCUT2D eigenvalue weighted by atomic mass is 32.2. The van der Waals surface area contributed by atoms with E-state index in [0.29, 0.717) is 23.5 Å². The number of rotatable bonds is 7. The van der Waals surface area contributed by atoms with Gasteiger partial charge in [0.25, 0.3) is 5.91 Å². The molecule has 1 aliphatic heterocycles. The molecule has 1 atom stereocenters. The first-order valence-electron chi connectivity index (χ1n) is 10.7. The van der Waals surface area contributed by atoms with Gasteiger partial charge in [-0.15, -0.1) is 0 Å². The number of nitrogens with zero attached hydrogens (tertiary/aromatic N) is 3.